The van der Waals surface area contributed by atoms with E-state index in [0.717, 1.165) is 12.0 Å². The van der Waals surface area contributed by atoms with Crippen LogP contribution in [0.5, 0.6) is 11.5 Å². The molecule has 3 N–H and O–H groups in total. The van der Waals surface area contributed by atoms with Crippen molar-refractivity contribution in [2.75, 3.05) is 14.2 Å². The summed E-state index contributed by atoms with van der Waals surface area (Å²) in [6, 6.07) is 5.04. The van der Waals surface area contributed by atoms with Gasteiger partial charge in [-0.2, -0.15) is 0 Å². The van der Waals surface area contributed by atoms with Crippen LogP contribution in [0.1, 0.15) is 31.4 Å². The average Bonchev–Trinajstić information content (AvgIpc) is 2.36. The number of hydrogen-bond donors (Lipinski definition) is 2. The lowest BCUT2D eigenvalue weighted by molar-refractivity contribution is 0.133. The Morgan fingerprint density at radius 3 is 2.53 bits per heavy atom. The molecular weight excluding hydrogens is 218 g/mol. The minimum absolute atomic E-state index is 0.458. The van der Waals surface area contributed by atoms with E-state index in [2.05, 4.69) is 0 Å². The van der Waals surface area contributed by atoms with Crippen LogP contribution in [0, 0.1) is 0 Å². The summed E-state index contributed by atoms with van der Waals surface area (Å²) in [5.41, 5.74) is 6.81. The van der Waals surface area contributed by atoms with Gasteiger partial charge in [-0.05, 0) is 12.5 Å². The van der Waals surface area contributed by atoms with Gasteiger partial charge in [-0.3, -0.25) is 0 Å². The molecule has 0 spiro atoms. The predicted octanol–water partition coefficient (Wildman–Crippen LogP) is 1.86. The Kier molecular flexibility index (Phi) is 5.25. The molecule has 0 fully saturated rings. The van der Waals surface area contributed by atoms with Crippen molar-refractivity contribution in [1.29, 1.82) is 0 Å². The summed E-state index contributed by atoms with van der Waals surface area (Å²) in [6.45, 7) is 2.01. The zero-order chi connectivity index (χ0) is 12.8. The first-order valence-electron chi connectivity index (χ1n) is 5.80. The Morgan fingerprint density at radius 2 is 2.00 bits per heavy atom. The molecule has 0 radical (unpaired) electrons. The van der Waals surface area contributed by atoms with Crippen molar-refractivity contribution < 1.29 is 14.6 Å². The van der Waals surface area contributed by atoms with E-state index in [1.54, 1.807) is 20.3 Å². The Morgan fingerprint density at radius 1 is 1.29 bits per heavy atom. The minimum Gasteiger partial charge on any atom is -0.493 e. The number of rotatable bonds is 6. The van der Waals surface area contributed by atoms with Crippen molar-refractivity contribution in [3.05, 3.63) is 23.8 Å². The molecule has 4 nitrogen and oxygen atoms in total. The Labute approximate surface area is 102 Å². The molecule has 0 unspecified atom stereocenters. The van der Waals surface area contributed by atoms with Crippen LogP contribution in [0.2, 0.25) is 0 Å². The second-order valence-corrected chi connectivity index (χ2v) is 3.96. The summed E-state index contributed by atoms with van der Waals surface area (Å²) in [5, 5.41) is 9.93. The SMILES string of the molecule is CCC[C@@H](O)[C@@H](N)c1cccc(OC)c1OC. The number of nitrogens with two attached hydrogens (primary N) is 1. The second-order valence-electron chi connectivity index (χ2n) is 3.96. The van der Waals surface area contributed by atoms with Gasteiger partial charge < -0.3 is 20.3 Å². The van der Waals surface area contributed by atoms with Crippen LogP contribution in [0.15, 0.2) is 18.2 Å². The van der Waals surface area contributed by atoms with Crippen molar-refractivity contribution in [2.24, 2.45) is 5.73 Å². The maximum absolute atomic E-state index is 9.93. The number of aliphatic hydroxyl groups is 1. The van der Waals surface area contributed by atoms with Gasteiger partial charge in [0.2, 0.25) is 0 Å². The summed E-state index contributed by atoms with van der Waals surface area (Å²) < 4.78 is 10.5. The van der Waals surface area contributed by atoms with Gasteiger partial charge in [-0.15, -0.1) is 0 Å². The van der Waals surface area contributed by atoms with Crippen molar-refractivity contribution in [1.82, 2.24) is 0 Å². The molecule has 0 heterocycles. The maximum atomic E-state index is 9.93. The third-order valence-electron chi connectivity index (χ3n) is 2.79. The summed E-state index contributed by atoms with van der Waals surface area (Å²) in [6.07, 6.45) is 0.990. The minimum atomic E-state index is -0.569. The highest BCUT2D eigenvalue weighted by atomic mass is 16.5. The largest absolute Gasteiger partial charge is 0.493 e. The number of para-hydroxylation sites is 1. The number of aliphatic hydroxyl groups excluding tert-OH is 1. The third kappa shape index (κ3) is 3.11. The first-order chi connectivity index (χ1) is 8.15. The van der Waals surface area contributed by atoms with Gasteiger partial charge in [-0.1, -0.05) is 25.5 Å². The van der Waals surface area contributed by atoms with E-state index in [0.29, 0.717) is 17.9 Å². The molecule has 0 aromatic heterocycles. The summed E-state index contributed by atoms with van der Waals surface area (Å²) in [7, 11) is 3.15. The van der Waals surface area contributed by atoms with Crippen molar-refractivity contribution in [2.45, 2.75) is 31.9 Å². The first-order valence-corrected chi connectivity index (χ1v) is 5.80. The average molecular weight is 239 g/mol. The molecule has 4 heteroatoms. The lowest BCUT2D eigenvalue weighted by atomic mass is 9.98. The number of hydrogen-bond acceptors (Lipinski definition) is 4. The molecule has 0 bridgehead atoms. The Bertz CT molecular complexity index is 355. The van der Waals surface area contributed by atoms with E-state index in [-0.39, 0.29) is 0 Å². The highest BCUT2D eigenvalue weighted by Crippen LogP contribution is 2.35. The Balaban J connectivity index is 3.03. The fourth-order valence-corrected chi connectivity index (χ4v) is 1.86. The van der Waals surface area contributed by atoms with Gasteiger partial charge in [0.25, 0.3) is 0 Å². The molecule has 17 heavy (non-hydrogen) atoms. The zero-order valence-electron chi connectivity index (χ0n) is 10.6. The van der Waals surface area contributed by atoms with Crippen LogP contribution < -0.4 is 15.2 Å². The standard InChI is InChI=1S/C13H21NO3/c1-4-6-10(15)12(14)9-7-5-8-11(16-2)13(9)17-3/h5,7-8,10,12,15H,4,6,14H2,1-3H3/t10-,12+/m1/s1. The van der Waals surface area contributed by atoms with Crippen LogP contribution in [-0.4, -0.2) is 25.4 Å². The number of benzene rings is 1. The molecule has 0 aliphatic carbocycles. The highest BCUT2D eigenvalue weighted by Gasteiger charge is 2.21. The van der Waals surface area contributed by atoms with Gasteiger partial charge in [0, 0.05) is 5.56 Å². The van der Waals surface area contributed by atoms with Crippen LogP contribution in [-0.2, 0) is 0 Å². The fourth-order valence-electron chi connectivity index (χ4n) is 1.86. The van der Waals surface area contributed by atoms with Gasteiger partial charge in [0.1, 0.15) is 0 Å². The molecule has 0 amide bonds. The number of ether oxygens (including phenoxy) is 2. The van der Waals surface area contributed by atoms with Crippen molar-refractivity contribution >= 4 is 0 Å². The zero-order valence-corrected chi connectivity index (χ0v) is 10.6. The van der Waals surface area contributed by atoms with E-state index in [4.69, 9.17) is 15.2 Å². The number of methoxy groups -OCH3 is 2. The summed E-state index contributed by atoms with van der Waals surface area (Å²) >= 11 is 0. The highest BCUT2D eigenvalue weighted by molar-refractivity contribution is 5.48. The molecule has 0 saturated heterocycles. The molecule has 0 aliphatic rings. The molecule has 1 rings (SSSR count). The smallest absolute Gasteiger partial charge is 0.165 e. The molecule has 0 aliphatic heterocycles. The monoisotopic (exact) mass is 239 g/mol. The predicted molar refractivity (Wildman–Crippen MR) is 67.4 cm³/mol. The topological polar surface area (TPSA) is 64.7 Å². The van der Waals surface area contributed by atoms with E-state index in [1.165, 1.54) is 0 Å². The van der Waals surface area contributed by atoms with E-state index in [9.17, 15) is 5.11 Å². The van der Waals surface area contributed by atoms with Crippen LogP contribution in [0.3, 0.4) is 0 Å². The van der Waals surface area contributed by atoms with Crippen molar-refractivity contribution in [3.8, 4) is 11.5 Å². The van der Waals surface area contributed by atoms with E-state index < -0.39 is 12.1 Å². The molecule has 1 aromatic carbocycles. The molecule has 96 valence electrons. The molecular formula is C13H21NO3. The second kappa shape index (κ2) is 6.47. The fraction of sp³-hybridized carbons (Fsp3) is 0.538. The normalized spacial score (nSPS) is 14.2. The van der Waals surface area contributed by atoms with Gasteiger partial charge in [-0.25, -0.2) is 0 Å². The van der Waals surface area contributed by atoms with Crippen LogP contribution in [0.25, 0.3) is 0 Å². The maximum Gasteiger partial charge on any atom is 0.165 e. The van der Waals surface area contributed by atoms with Crippen LogP contribution in [0.4, 0.5) is 0 Å². The van der Waals surface area contributed by atoms with E-state index in [1.807, 2.05) is 19.1 Å². The summed E-state index contributed by atoms with van der Waals surface area (Å²) in [5.74, 6) is 1.22. The quantitative estimate of drug-likeness (QED) is 0.795. The lowest BCUT2D eigenvalue weighted by Crippen LogP contribution is -2.26. The van der Waals surface area contributed by atoms with E-state index >= 15 is 0 Å². The molecule has 2 atom stereocenters. The third-order valence-corrected chi connectivity index (χ3v) is 2.79. The lowest BCUT2D eigenvalue weighted by Gasteiger charge is -2.21. The van der Waals surface area contributed by atoms with Crippen LogP contribution >= 0.6 is 0 Å². The molecule has 1 aromatic rings. The Hall–Kier alpha value is -1.26. The van der Waals surface area contributed by atoms with Gasteiger partial charge in [0.05, 0.1) is 26.4 Å². The first kappa shape index (κ1) is 13.8. The summed E-state index contributed by atoms with van der Waals surface area (Å²) in [4.78, 5) is 0. The van der Waals surface area contributed by atoms with Gasteiger partial charge in [0.15, 0.2) is 11.5 Å². The van der Waals surface area contributed by atoms with Crippen molar-refractivity contribution in [3.63, 3.8) is 0 Å². The molecule has 0 saturated carbocycles. The van der Waals surface area contributed by atoms with Gasteiger partial charge >= 0.3 is 0 Å².